The first-order chi connectivity index (χ1) is 17.1. The number of hydrogen-bond donors (Lipinski definition) is 0. The molecule has 35 heavy (non-hydrogen) atoms. The molecule has 5 saturated carbocycles. The van der Waals surface area contributed by atoms with Gasteiger partial charge in [-0.3, -0.25) is 0 Å². The molecule has 1 aromatic carbocycles. The fraction of sp³-hybridized carbons (Fsp3) is 0.714. The van der Waals surface area contributed by atoms with Gasteiger partial charge in [-0.05, 0) is 139 Å². The number of rotatable bonds is 4. The zero-order valence-electron chi connectivity index (χ0n) is 22.6. The zero-order valence-corrected chi connectivity index (χ0v) is 22.6. The van der Waals surface area contributed by atoms with Crippen molar-refractivity contribution in [3.63, 3.8) is 0 Å². The van der Waals surface area contributed by atoms with E-state index in [0.29, 0.717) is 11.3 Å². The van der Waals surface area contributed by atoms with E-state index in [-0.39, 0.29) is 0 Å². The summed E-state index contributed by atoms with van der Waals surface area (Å²) >= 11 is 0. The van der Waals surface area contributed by atoms with Gasteiger partial charge in [0.1, 0.15) is 0 Å². The van der Waals surface area contributed by atoms with Gasteiger partial charge in [0.05, 0.1) is 0 Å². The third-order valence-electron chi connectivity index (χ3n) is 12.1. The third kappa shape index (κ3) is 3.59. The Morgan fingerprint density at radius 1 is 0.714 bits per heavy atom. The second-order valence-corrected chi connectivity index (χ2v) is 14.0. The van der Waals surface area contributed by atoms with Crippen LogP contribution in [0, 0.1) is 29.1 Å². The lowest BCUT2D eigenvalue weighted by Gasteiger charge is -2.61. The first kappa shape index (κ1) is 22.9. The maximum Gasteiger partial charge on any atom is 0.0132 e. The highest BCUT2D eigenvalue weighted by Gasteiger charge is 2.57. The number of benzene rings is 1. The lowest BCUT2D eigenvalue weighted by Crippen LogP contribution is -2.53. The highest BCUT2D eigenvalue weighted by molar-refractivity contribution is 5.85. The van der Waals surface area contributed by atoms with Crippen LogP contribution in [0.1, 0.15) is 145 Å². The molecule has 0 heteroatoms. The molecule has 0 nitrogen and oxygen atoms in total. The summed E-state index contributed by atoms with van der Waals surface area (Å²) in [6.45, 7) is 5.24. The Hall–Kier alpha value is -1.30. The van der Waals surface area contributed by atoms with Gasteiger partial charge in [0.2, 0.25) is 0 Å². The quantitative estimate of drug-likeness (QED) is 0.412. The normalized spacial score (nSPS) is 35.1. The minimum Gasteiger partial charge on any atom is -0.0810 e. The molecule has 4 unspecified atom stereocenters. The molecule has 5 fully saturated rings. The molecule has 1 aromatic rings. The second-order valence-electron chi connectivity index (χ2n) is 14.0. The van der Waals surface area contributed by atoms with E-state index < -0.39 is 0 Å². The second kappa shape index (κ2) is 8.92. The van der Waals surface area contributed by atoms with Crippen molar-refractivity contribution in [1.82, 2.24) is 0 Å². The lowest BCUT2D eigenvalue weighted by atomic mass is 9.43. The minimum atomic E-state index is 0.561. The van der Waals surface area contributed by atoms with Gasteiger partial charge in [-0.2, -0.15) is 0 Å². The van der Waals surface area contributed by atoms with Gasteiger partial charge < -0.3 is 0 Å². The minimum absolute atomic E-state index is 0.561. The summed E-state index contributed by atoms with van der Waals surface area (Å²) in [5.74, 6) is 5.12. The smallest absolute Gasteiger partial charge is 0.0132 e. The molecule has 8 rings (SSSR count). The van der Waals surface area contributed by atoms with Crippen LogP contribution >= 0.6 is 0 Å². The zero-order chi connectivity index (χ0) is 23.6. The Morgan fingerprint density at radius 3 is 2.17 bits per heavy atom. The Morgan fingerprint density at radius 2 is 1.46 bits per heavy atom. The van der Waals surface area contributed by atoms with Gasteiger partial charge in [-0.1, -0.05) is 70.2 Å². The molecule has 0 aliphatic heterocycles. The molecule has 7 aliphatic rings. The summed E-state index contributed by atoms with van der Waals surface area (Å²) in [6, 6.07) is 7.68. The van der Waals surface area contributed by atoms with Crippen LogP contribution in [0.2, 0.25) is 0 Å². The molecule has 2 bridgehead atoms. The van der Waals surface area contributed by atoms with Crippen LogP contribution < -0.4 is 0 Å². The van der Waals surface area contributed by atoms with Crippen LogP contribution in [0.5, 0.6) is 0 Å². The van der Waals surface area contributed by atoms with E-state index in [0.717, 1.165) is 29.6 Å². The summed E-state index contributed by atoms with van der Waals surface area (Å²) in [7, 11) is 0. The van der Waals surface area contributed by atoms with Crippen LogP contribution in [0.25, 0.3) is 5.57 Å². The molecule has 188 valence electrons. The topological polar surface area (TPSA) is 0 Å². The van der Waals surface area contributed by atoms with Crippen molar-refractivity contribution < 1.29 is 0 Å². The van der Waals surface area contributed by atoms with E-state index in [1.807, 2.05) is 16.7 Å². The molecule has 0 radical (unpaired) electrons. The molecule has 4 atom stereocenters. The largest absolute Gasteiger partial charge is 0.0810 e. The Bertz CT molecular complexity index is 1020. The van der Waals surface area contributed by atoms with E-state index in [1.165, 1.54) is 103 Å². The summed E-state index contributed by atoms with van der Waals surface area (Å²) in [4.78, 5) is 0. The van der Waals surface area contributed by atoms with Gasteiger partial charge in [0.25, 0.3) is 0 Å². The molecular formula is C35H48. The van der Waals surface area contributed by atoms with Crippen molar-refractivity contribution >= 4 is 5.57 Å². The van der Waals surface area contributed by atoms with Crippen LogP contribution in [-0.2, 0) is 0 Å². The van der Waals surface area contributed by atoms with E-state index in [2.05, 4.69) is 38.1 Å². The van der Waals surface area contributed by atoms with E-state index in [1.54, 1.807) is 16.7 Å². The highest BCUT2D eigenvalue weighted by Crippen LogP contribution is 2.67. The Labute approximate surface area is 215 Å². The van der Waals surface area contributed by atoms with E-state index in [4.69, 9.17) is 0 Å². The van der Waals surface area contributed by atoms with E-state index >= 15 is 0 Å². The van der Waals surface area contributed by atoms with Gasteiger partial charge in [0.15, 0.2) is 0 Å². The molecule has 0 saturated heterocycles. The van der Waals surface area contributed by atoms with Gasteiger partial charge in [-0.25, -0.2) is 0 Å². The van der Waals surface area contributed by atoms with Gasteiger partial charge in [-0.15, -0.1) is 0 Å². The van der Waals surface area contributed by atoms with Crippen molar-refractivity contribution in [3.8, 4) is 0 Å². The molecular weight excluding hydrogens is 420 g/mol. The van der Waals surface area contributed by atoms with Crippen LogP contribution in [0.15, 0.2) is 35.4 Å². The average molecular weight is 469 g/mol. The summed E-state index contributed by atoms with van der Waals surface area (Å²) < 4.78 is 0. The predicted molar refractivity (Wildman–Crippen MR) is 149 cm³/mol. The molecule has 0 spiro atoms. The molecule has 0 N–H and O–H groups in total. The van der Waals surface area contributed by atoms with Crippen molar-refractivity contribution in [2.75, 3.05) is 0 Å². The Kier molecular flexibility index (Phi) is 5.83. The summed E-state index contributed by atoms with van der Waals surface area (Å²) in [5, 5.41) is 0. The standard InChI is InChI=1S/C35H48/c1-35(2)26-20-21-28(30(35)22-26)34-29-19-11-18-27(23-12-9-10-13-23)33(29)31(24-14-5-3-6-15-24)32(34)25-16-7-4-8-17-25/h11,16,18-19,23-24,26,28,30,34H,3-10,12-15,17,20-22H2,1-2H3. The number of allylic oxidation sites excluding steroid dienone is 4. The van der Waals surface area contributed by atoms with Crippen molar-refractivity contribution in [2.45, 2.75) is 128 Å². The van der Waals surface area contributed by atoms with Crippen molar-refractivity contribution in [2.24, 2.45) is 29.1 Å². The molecule has 0 heterocycles. The maximum absolute atomic E-state index is 2.72. The van der Waals surface area contributed by atoms with Crippen molar-refractivity contribution in [1.29, 1.82) is 0 Å². The van der Waals surface area contributed by atoms with Crippen molar-refractivity contribution in [3.05, 3.63) is 52.1 Å². The fourth-order valence-corrected chi connectivity index (χ4v) is 10.2. The van der Waals surface area contributed by atoms with Crippen LogP contribution in [-0.4, -0.2) is 0 Å². The first-order valence-electron chi connectivity index (χ1n) is 15.7. The highest BCUT2D eigenvalue weighted by atomic mass is 14.6. The van der Waals surface area contributed by atoms with Crippen LogP contribution in [0.3, 0.4) is 0 Å². The van der Waals surface area contributed by atoms with Gasteiger partial charge >= 0.3 is 0 Å². The molecule has 0 aromatic heterocycles. The molecule has 7 aliphatic carbocycles. The van der Waals surface area contributed by atoms with Gasteiger partial charge in [0, 0.05) is 5.92 Å². The lowest BCUT2D eigenvalue weighted by molar-refractivity contribution is -0.109. The summed E-state index contributed by atoms with van der Waals surface area (Å²) in [5.41, 5.74) is 11.6. The monoisotopic (exact) mass is 468 g/mol. The summed E-state index contributed by atoms with van der Waals surface area (Å²) in [6.07, 6.45) is 25.7. The molecule has 0 amide bonds. The average Bonchev–Trinajstić information content (AvgIpc) is 3.56. The predicted octanol–water partition coefficient (Wildman–Crippen LogP) is 10.3. The Balaban J connectivity index is 1.43. The van der Waals surface area contributed by atoms with E-state index in [9.17, 15) is 0 Å². The SMILES string of the molecule is CC1(C)C2CCC(C3C(C4=CCCCC4)=C(C4CCCCC4)c4c(C5CCCC5)cccc43)C1C2. The maximum atomic E-state index is 2.72. The fourth-order valence-electron chi connectivity index (χ4n) is 10.2. The first-order valence-corrected chi connectivity index (χ1v) is 15.7. The number of hydrogen-bond acceptors (Lipinski definition) is 0. The van der Waals surface area contributed by atoms with Crippen LogP contribution in [0.4, 0.5) is 0 Å². The third-order valence-corrected chi connectivity index (χ3v) is 12.1. The number of fused-ring (bicyclic) bond motifs is 3.